The Hall–Kier alpha value is -1.05. The Morgan fingerprint density at radius 1 is 1.00 bits per heavy atom. The quantitative estimate of drug-likeness (QED) is 0.309. The fraction of sp³-hybridized carbons (Fsp3) is 0.737. The summed E-state index contributed by atoms with van der Waals surface area (Å²) in [6.45, 7) is 4.52. The van der Waals surface area contributed by atoms with Crippen molar-refractivity contribution in [3.8, 4) is 0 Å². The second-order valence-corrected chi connectivity index (χ2v) is 6.01. The first kappa shape index (κ1) is 19.9. The molecule has 0 saturated carbocycles. The molecule has 0 aliphatic heterocycles. The molecule has 0 bridgehead atoms. The molecule has 0 spiro atoms. The van der Waals surface area contributed by atoms with E-state index >= 15 is 0 Å². The summed E-state index contributed by atoms with van der Waals surface area (Å²) < 4.78 is 0. The van der Waals surface area contributed by atoms with Crippen LogP contribution in [0.25, 0.3) is 0 Å². The van der Waals surface area contributed by atoms with E-state index in [0.29, 0.717) is 12.3 Å². The Morgan fingerprint density at radius 3 is 2.48 bits per heavy atom. The van der Waals surface area contributed by atoms with E-state index in [2.05, 4.69) is 38.2 Å². The molecule has 0 saturated heterocycles. The van der Waals surface area contributed by atoms with Crippen LogP contribution < -0.4 is 0 Å². The van der Waals surface area contributed by atoms with Crippen LogP contribution in [0.1, 0.15) is 84.5 Å². The van der Waals surface area contributed by atoms with Crippen LogP contribution in [-0.2, 0) is 4.79 Å². The standard InChI is InChI=1S/C19H34O2/c1-3-4-5-6-7-8-9-10-12-15-18(2)16-13-11-14-17-19(20)21/h7-8,10,12,18H,3-6,9,11,13-17H2,1-2H3,(H,20,21)/b8-7-,12-10-. The minimum atomic E-state index is -0.672. The average Bonchev–Trinajstić information content (AvgIpc) is 2.45. The summed E-state index contributed by atoms with van der Waals surface area (Å²) >= 11 is 0. The lowest BCUT2D eigenvalue weighted by molar-refractivity contribution is -0.137. The zero-order valence-corrected chi connectivity index (χ0v) is 14.0. The highest BCUT2D eigenvalue weighted by Gasteiger charge is 2.00. The van der Waals surface area contributed by atoms with E-state index in [1.54, 1.807) is 0 Å². The summed E-state index contributed by atoms with van der Waals surface area (Å²) in [5, 5.41) is 8.55. The number of aliphatic carboxylic acids is 1. The number of hydrogen-bond donors (Lipinski definition) is 1. The number of allylic oxidation sites excluding steroid dienone is 4. The topological polar surface area (TPSA) is 37.3 Å². The molecule has 2 nitrogen and oxygen atoms in total. The van der Waals surface area contributed by atoms with Gasteiger partial charge in [-0.15, -0.1) is 0 Å². The van der Waals surface area contributed by atoms with Crippen LogP contribution in [0.5, 0.6) is 0 Å². The van der Waals surface area contributed by atoms with Crippen molar-refractivity contribution in [2.75, 3.05) is 0 Å². The average molecular weight is 294 g/mol. The van der Waals surface area contributed by atoms with Crippen molar-refractivity contribution in [2.24, 2.45) is 5.92 Å². The Labute approximate surface area is 131 Å². The molecule has 1 unspecified atom stereocenters. The van der Waals surface area contributed by atoms with Crippen molar-refractivity contribution >= 4 is 5.97 Å². The van der Waals surface area contributed by atoms with Crippen molar-refractivity contribution in [1.29, 1.82) is 0 Å². The van der Waals surface area contributed by atoms with Crippen molar-refractivity contribution in [1.82, 2.24) is 0 Å². The summed E-state index contributed by atoms with van der Waals surface area (Å²) in [4.78, 5) is 10.4. The van der Waals surface area contributed by atoms with Gasteiger partial charge in [0.25, 0.3) is 0 Å². The van der Waals surface area contributed by atoms with Crippen LogP contribution in [0.3, 0.4) is 0 Å². The second kappa shape index (κ2) is 15.3. The first-order valence-electron chi connectivity index (χ1n) is 8.68. The molecular formula is C19H34O2. The molecule has 0 aliphatic carbocycles. The minimum absolute atomic E-state index is 0.318. The number of carboxylic acids is 1. The highest BCUT2D eigenvalue weighted by Crippen LogP contribution is 2.14. The largest absolute Gasteiger partial charge is 0.481 e. The van der Waals surface area contributed by atoms with Crippen LogP contribution in [-0.4, -0.2) is 11.1 Å². The smallest absolute Gasteiger partial charge is 0.303 e. The molecule has 0 aromatic heterocycles. The maximum atomic E-state index is 10.4. The number of carboxylic acid groups (broad SMARTS) is 1. The zero-order chi connectivity index (χ0) is 15.8. The molecule has 0 rings (SSSR count). The number of rotatable bonds is 14. The maximum Gasteiger partial charge on any atom is 0.303 e. The van der Waals surface area contributed by atoms with E-state index in [-0.39, 0.29) is 0 Å². The SMILES string of the molecule is CCCCC/C=C\C/C=C\CC(C)CCCCCC(=O)O. The Kier molecular flexibility index (Phi) is 14.6. The molecule has 21 heavy (non-hydrogen) atoms. The van der Waals surface area contributed by atoms with Gasteiger partial charge in [-0.05, 0) is 38.0 Å². The molecule has 0 aromatic rings. The van der Waals surface area contributed by atoms with Crippen LogP contribution in [0.4, 0.5) is 0 Å². The second-order valence-electron chi connectivity index (χ2n) is 6.01. The third kappa shape index (κ3) is 16.9. The van der Waals surface area contributed by atoms with Gasteiger partial charge in [0.15, 0.2) is 0 Å². The molecule has 122 valence electrons. The van der Waals surface area contributed by atoms with Gasteiger partial charge in [-0.25, -0.2) is 0 Å². The molecular weight excluding hydrogens is 260 g/mol. The van der Waals surface area contributed by atoms with Gasteiger partial charge < -0.3 is 5.11 Å². The molecule has 0 heterocycles. The maximum absolute atomic E-state index is 10.4. The van der Waals surface area contributed by atoms with Gasteiger partial charge in [-0.1, -0.05) is 70.3 Å². The third-order valence-electron chi connectivity index (χ3n) is 3.71. The van der Waals surface area contributed by atoms with Gasteiger partial charge in [0.2, 0.25) is 0 Å². The van der Waals surface area contributed by atoms with E-state index < -0.39 is 5.97 Å². The van der Waals surface area contributed by atoms with E-state index in [1.165, 1.54) is 32.1 Å². The summed E-state index contributed by atoms with van der Waals surface area (Å²) in [5.41, 5.74) is 0. The van der Waals surface area contributed by atoms with Crippen molar-refractivity contribution in [2.45, 2.75) is 84.5 Å². The minimum Gasteiger partial charge on any atom is -0.481 e. The van der Waals surface area contributed by atoms with Gasteiger partial charge in [0.05, 0.1) is 0 Å². The van der Waals surface area contributed by atoms with Crippen LogP contribution >= 0.6 is 0 Å². The lowest BCUT2D eigenvalue weighted by Gasteiger charge is -2.07. The van der Waals surface area contributed by atoms with Crippen LogP contribution in [0.2, 0.25) is 0 Å². The highest BCUT2D eigenvalue weighted by molar-refractivity contribution is 5.66. The Bertz CT molecular complexity index is 292. The van der Waals surface area contributed by atoms with Gasteiger partial charge in [-0.3, -0.25) is 4.79 Å². The molecule has 1 N–H and O–H groups in total. The van der Waals surface area contributed by atoms with Crippen molar-refractivity contribution < 1.29 is 9.90 Å². The molecule has 0 fully saturated rings. The van der Waals surface area contributed by atoms with E-state index in [0.717, 1.165) is 32.1 Å². The third-order valence-corrected chi connectivity index (χ3v) is 3.71. The molecule has 0 radical (unpaired) electrons. The molecule has 0 aromatic carbocycles. The first-order chi connectivity index (χ1) is 10.2. The van der Waals surface area contributed by atoms with E-state index in [1.807, 2.05) is 0 Å². The van der Waals surface area contributed by atoms with E-state index in [4.69, 9.17) is 5.11 Å². The Morgan fingerprint density at radius 2 is 1.76 bits per heavy atom. The Balaban J connectivity index is 3.40. The van der Waals surface area contributed by atoms with Crippen molar-refractivity contribution in [3.05, 3.63) is 24.3 Å². The van der Waals surface area contributed by atoms with Gasteiger partial charge >= 0.3 is 5.97 Å². The number of unbranched alkanes of at least 4 members (excludes halogenated alkanes) is 5. The molecule has 0 amide bonds. The van der Waals surface area contributed by atoms with Crippen LogP contribution in [0, 0.1) is 5.92 Å². The monoisotopic (exact) mass is 294 g/mol. The fourth-order valence-electron chi connectivity index (χ4n) is 2.29. The predicted molar refractivity (Wildman–Crippen MR) is 91.5 cm³/mol. The first-order valence-corrected chi connectivity index (χ1v) is 8.68. The van der Waals surface area contributed by atoms with Gasteiger partial charge in [0, 0.05) is 6.42 Å². The summed E-state index contributed by atoms with van der Waals surface area (Å²) in [7, 11) is 0. The van der Waals surface area contributed by atoms with Gasteiger partial charge in [0.1, 0.15) is 0 Å². The number of carbonyl (C=O) groups is 1. The zero-order valence-electron chi connectivity index (χ0n) is 14.0. The van der Waals surface area contributed by atoms with Crippen molar-refractivity contribution in [3.63, 3.8) is 0 Å². The predicted octanol–water partition coefficient (Wildman–Crippen LogP) is 6.13. The fourth-order valence-corrected chi connectivity index (χ4v) is 2.29. The van der Waals surface area contributed by atoms with E-state index in [9.17, 15) is 4.79 Å². The molecule has 0 aliphatic rings. The lowest BCUT2D eigenvalue weighted by Crippen LogP contribution is -1.96. The number of hydrogen-bond acceptors (Lipinski definition) is 1. The molecule has 1 atom stereocenters. The summed E-state index contributed by atoms with van der Waals surface area (Å²) in [6.07, 6.45) is 21.0. The normalized spacial score (nSPS) is 13.2. The summed E-state index contributed by atoms with van der Waals surface area (Å²) in [6, 6.07) is 0. The van der Waals surface area contributed by atoms with Crippen LogP contribution in [0.15, 0.2) is 24.3 Å². The lowest BCUT2D eigenvalue weighted by atomic mass is 9.99. The highest BCUT2D eigenvalue weighted by atomic mass is 16.4. The summed E-state index contributed by atoms with van der Waals surface area (Å²) in [5.74, 6) is 0.0355. The van der Waals surface area contributed by atoms with Gasteiger partial charge in [-0.2, -0.15) is 0 Å². The molecule has 2 heteroatoms.